The average Bonchev–Trinajstić information content (AvgIpc) is 3.41. The van der Waals surface area contributed by atoms with Crippen LogP contribution in [-0.4, -0.2) is 47.7 Å². The van der Waals surface area contributed by atoms with Gasteiger partial charge in [-0.2, -0.15) is 0 Å². The molecule has 1 aromatic heterocycles. The first-order chi connectivity index (χ1) is 18.0. The molecule has 2 aromatic carbocycles. The van der Waals surface area contributed by atoms with Crippen molar-refractivity contribution in [3.8, 4) is 0 Å². The third kappa shape index (κ3) is 5.63. The predicted octanol–water partition coefficient (Wildman–Crippen LogP) is 4.51. The number of esters is 2. The van der Waals surface area contributed by atoms with Crippen molar-refractivity contribution in [2.45, 2.75) is 39.7 Å². The number of ether oxygens (including phenoxy) is 2. The van der Waals surface area contributed by atoms with Crippen LogP contribution in [0.2, 0.25) is 0 Å². The van der Waals surface area contributed by atoms with Gasteiger partial charge in [-0.1, -0.05) is 43.7 Å². The number of para-hydroxylation sites is 1. The molecule has 1 aliphatic rings. The highest BCUT2D eigenvalue weighted by Crippen LogP contribution is 2.37. The van der Waals surface area contributed by atoms with Crippen molar-refractivity contribution in [2.75, 3.05) is 25.2 Å². The molecular formula is C29H31N3O5. The number of carbonyl (C=O) groups is 3. The third-order valence-corrected chi connectivity index (χ3v) is 6.28. The van der Waals surface area contributed by atoms with Crippen molar-refractivity contribution >= 4 is 35.2 Å². The monoisotopic (exact) mass is 501 g/mol. The minimum Gasteiger partial charge on any atom is -0.465 e. The Bertz CT molecular complexity index is 1320. The van der Waals surface area contributed by atoms with Gasteiger partial charge in [-0.05, 0) is 43.2 Å². The fraction of sp³-hybridized carbons (Fsp3) is 0.310. The van der Waals surface area contributed by atoms with Crippen molar-refractivity contribution < 1.29 is 23.9 Å². The van der Waals surface area contributed by atoms with Crippen LogP contribution in [-0.2, 0) is 32.0 Å². The normalized spacial score (nSPS) is 13.6. The highest BCUT2D eigenvalue weighted by Gasteiger charge is 2.34. The maximum Gasteiger partial charge on any atom is 0.337 e. The van der Waals surface area contributed by atoms with Gasteiger partial charge in [0.1, 0.15) is 12.4 Å². The fourth-order valence-electron chi connectivity index (χ4n) is 4.39. The van der Waals surface area contributed by atoms with E-state index in [1.165, 1.54) is 12.0 Å². The molecule has 0 saturated carbocycles. The molecule has 4 rings (SSSR count). The molecule has 0 aliphatic carbocycles. The van der Waals surface area contributed by atoms with Gasteiger partial charge in [0.25, 0.3) is 5.91 Å². The van der Waals surface area contributed by atoms with Crippen molar-refractivity contribution in [1.29, 1.82) is 0 Å². The van der Waals surface area contributed by atoms with Crippen LogP contribution in [0.1, 0.15) is 59.7 Å². The number of hydrogen-bond donors (Lipinski definition) is 0. The lowest BCUT2D eigenvalue weighted by atomic mass is 10.1. The molecule has 0 unspecified atom stereocenters. The minimum absolute atomic E-state index is 0.144. The number of anilines is 1. The number of benzene rings is 2. The largest absolute Gasteiger partial charge is 0.465 e. The summed E-state index contributed by atoms with van der Waals surface area (Å²) in [7, 11) is 1.36. The molecule has 0 N–H and O–H groups in total. The molecule has 8 nitrogen and oxygen atoms in total. The van der Waals surface area contributed by atoms with E-state index in [4.69, 9.17) is 9.47 Å². The predicted molar refractivity (Wildman–Crippen MR) is 141 cm³/mol. The molecular weight excluding hydrogens is 470 g/mol. The van der Waals surface area contributed by atoms with Crippen LogP contribution in [0.15, 0.2) is 54.7 Å². The fourth-order valence-corrected chi connectivity index (χ4v) is 4.39. The molecule has 0 fully saturated rings. The Morgan fingerprint density at radius 1 is 1.05 bits per heavy atom. The molecule has 1 amide bonds. The Balaban J connectivity index is 1.70. The maximum absolute atomic E-state index is 13.5. The van der Waals surface area contributed by atoms with Crippen LogP contribution < -0.4 is 4.90 Å². The first-order valence-electron chi connectivity index (χ1n) is 12.5. The Morgan fingerprint density at radius 3 is 2.51 bits per heavy atom. The number of aryl methyl sites for hydroxylation is 1. The van der Waals surface area contributed by atoms with Crippen molar-refractivity contribution in [3.63, 3.8) is 0 Å². The first-order valence-corrected chi connectivity index (χ1v) is 12.5. The summed E-state index contributed by atoms with van der Waals surface area (Å²) in [6.45, 7) is 4.51. The summed E-state index contributed by atoms with van der Waals surface area (Å²) in [6, 6.07) is 14.7. The Labute approximate surface area is 216 Å². The van der Waals surface area contributed by atoms with E-state index in [2.05, 4.69) is 16.5 Å². The Kier molecular flexibility index (Phi) is 8.18. The lowest BCUT2D eigenvalue weighted by Gasteiger charge is -2.15. The van der Waals surface area contributed by atoms with Gasteiger partial charge in [-0.3, -0.25) is 14.5 Å². The number of methoxy groups -OCH3 is 1. The van der Waals surface area contributed by atoms with E-state index >= 15 is 0 Å². The van der Waals surface area contributed by atoms with E-state index in [0.717, 1.165) is 41.9 Å². The molecule has 8 heteroatoms. The molecule has 0 bridgehead atoms. The zero-order valence-electron chi connectivity index (χ0n) is 21.4. The van der Waals surface area contributed by atoms with Crippen LogP contribution >= 0.6 is 0 Å². The maximum atomic E-state index is 13.5. The first kappa shape index (κ1) is 25.9. The number of fused-ring (bicyclic) bond motifs is 1. The minimum atomic E-state index is -0.450. The van der Waals surface area contributed by atoms with Crippen LogP contribution in [0.4, 0.5) is 5.69 Å². The van der Waals surface area contributed by atoms with E-state index in [0.29, 0.717) is 23.4 Å². The summed E-state index contributed by atoms with van der Waals surface area (Å²) in [5.41, 5.74) is 4.22. The molecule has 3 aromatic rings. The smallest absolute Gasteiger partial charge is 0.337 e. The summed E-state index contributed by atoms with van der Waals surface area (Å²) in [6.07, 6.45) is 6.46. The zero-order chi connectivity index (χ0) is 26.4. The van der Waals surface area contributed by atoms with Gasteiger partial charge in [0.2, 0.25) is 0 Å². The van der Waals surface area contributed by atoms with E-state index < -0.39 is 5.97 Å². The van der Waals surface area contributed by atoms with Crippen LogP contribution in [0, 0.1) is 0 Å². The molecule has 192 valence electrons. The lowest BCUT2D eigenvalue weighted by Crippen LogP contribution is -2.33. The number of rotatable bonds is 10. The number of unbranched alkanes of at least 4 members (excludes halogenated alkanes) is 1. The average molecular weight is 502 g/mol. The van der Waals surface area contributed by atoms with Crippen molar-refractivity contribution in [2.24, 2.45) is 0 Å². The molecule has 0 atom stereocenters. The zero-order valence-corrected chi connectivity index (χ0v) is 21.4. The summed E-state index contributed by atoms with van der Waals surface area (Å²) in [5.74, 6) is -0.157. The van der Waals surface area contributed by atoms with Gasteiger partial charge in [-0.15, -0.1) is 0 Å². The van der Waals surface area contributed by atoms with Crippen LogP contribution in [0.5, 0.6) is 0 Å². The summed E-state index contributed by atoms with van der Waals surface area (Å²) in [5, 5.41) is 0. The van der Waals surface area contributed by atoms with Gasteiger partial charge in [0.15, 0.2) is 0 Å². The number of nitrogens with zero attached hydrogens (tertiary/aromatic N) is 3. The Morgan fingerprint density at radius 2 is 1.81 bits per heavy atom. The number of carbonyl (C=O) groups excluding carboxylic acids is 3. The van der Waals surface area contributed by atoms with E-state index in [9.17, 15) is 14.4 Å². The van der Waals surface area contributed by atoms with Crippen LogP contribution in [0.3, 0.4) is 0 Å². The van der Waals surface area contributed by atoms with Gasteiger partial charge in [0, 0.05) is 18.5 Å². The van der Waals surface area contributed by atoms with E-state index in [1.54, 1.807) is 25.3 Å². The van der Waals surface area contributed by atoms with Crippen molar-refractivity contribution in [1.82, 2.24) is 9.55 Å². The number of aromatic nitrogens is 2. The highest BCUT2D eigenvalue weighted by molar-refractivity contribution is 6.36. The SMILES string of the molecule is CCCCc1ncc(C=C2C(=O)N(CC(=O)OCC)c3ccccc32)n1Cc1ccc(C(=O)OC)cc1. The van der Waals surface area contributed by atoms with E-state index in [-0.39, 0.29) is 25.0 Å². The second-order valence-electron chi connectivity index (χ2n) is 8.75. The summed E-state index contributed by atoms with van der Waals surface area (Å²) in [4.78, 5) is 43.6. The second kappa shape index (κ2) is 11.7. The molecule has 0 saturated heterocycles. The second-order valence-corrected chi connectivity index (χ2v) is 8.75. The van der Waals surface area contributed by atoms with Crippen molar-refractivity contribution in [3.05, 3.63) is 82.9 Å². The van der Waals surface area contributed by atoms with Gasteiger partial charge < -0.3 is 14.0 Å². The Hall–Kier alpha value is -4.20. The number of hydrogen-bond acceptors (Lipinski definition) is 6. The lowest BCUT2D eigenvalue weighted by molar-refractivity contribution is -0.142. The number of imidazole rings is 1. The van der Waals surface area contributed by atoms with E-state index in [1.807, 2.05) is 42.5 Å². The molecule has 1 aliphatic heterocycles. The van der Waals surface area contributed by atoms with Gasteiger partial charge >= 0.3 is 11.9 Å². The number of amides is 1. The van der Waals surface area contributed by atoms with Crippen LogP contribution in [0.25, 0.3) is 11.6 Å². The molecule has 0 radical (unpaired) electrons. The molecule has 0 spiro atoms. The highest BCUT2D eigenvalue weighted by atomic mass is 16.5. The summed E-state index contributed by atoms with van der Waals surface area (Å²) >= 11 is 0. The summed E-state index contributed by atoms with van der Waals surface area (Å²) < 4.78 is 12.0. The quantitative estimate of drug-likeness (QED) is 0.300. The topological polar surface area (TPSA) is 90.7 Å². The molecule has 2 heterocycles. The molecule has 37 heavy (non-hydrogen) atoms. The van der Waals surface area contributed by atoms with Gasteiger partial charge in [-0.25, -0.2) is 9.78 Å². The standard InChI is InChI=1S/C29H31N3O5/c1-4-6-11-26-30-17-22(31(26)18-20-12-14-21(15-13-20)29(35)36-3)16-24-23-9-7-8-10-25(23)32(28(24)34)19-27(33)37-5-2/h7-10,12-17H,4-6,11,18-19H2,1-3H3. The third-order valence-electron chi connectivity index (χ3n) is 6.28. The van der Waals surface area contributed by atoms with Gasteiger partial charge in [0.05, 0.1) is 42.4 Å².